The Morgan fingerprint density at radius 1 is 1.48 bits per heavy atom. The van der Waals surface area contributed by atoms with Crippen LogP contribution in [-0.2, 0) is 19.1 Å². The van der Waals surface area contributed by atoms with Gasteiger partial charge in [-0.3, -0.25) is 14.5 Å². The number of aliphatic carboxylic acids is 1. The Morgan fingerprint density at radius 3 is 2.71 bits per heavy atom. The fraction of sp³-hybridized carbons (Fsp3) is 0.667. The lowest BCUT2D eigenvalue weighted by Gasteiger charge is -2.35. The van der Waals surface area contributed by atoms with Gasteiger partial charge in [0.2, 0.25) is 5.91 Å². The number of piperazine rings is 1. The van der Waals surface area contributed by atoms with E-state index < -0.39 is 29.9 Å². The van der Waals surface area contributed by atoms with Crippen LogP contribution in [0.3, 0.4) is 0 Å². The van der Waals surface area contributed by atoms with Crippen molar-refractivity contribution in [3.8, 4) is 0 Å². The molecule has 9 nitrogen and oxygen atoms in total. The zero-order chi connectivity index (χ0) is 16.0. The molecule has 0 aromatic rings. The largest absolute Gasteiger partial charge is 0.480 e. The Labute approximate surface area is 121 Å². The molecule has 1 fully saturated rings. The molecular weight excluding hydrogens is 282 g/mol. The van der Waals surface area contributed by atoms with Gasteiger partial charge in [0.05, 0.1) is 13.0 Å². The van der Waals surface area contributed by atoms with Gasteiger partial charge in [0.15, 0.2) is 0 Å². The van der Waals surface area contributed by atoms with E-state index >= 15 is 0 Å². The van der Waals surface area contributed by atoms with E-state index in [1.54, 1.807) is 6.92 Å². The van der Waals surface area contributed by atoms with Gasteiger partial charge in [-0.05, 0) is 6.92 Å². The molecule has 1 unspecified atom stereocenters. The molecule has 0 radical (unpaired) electrons. The maximum Gasteiger partial charge on any atom is 0.328 e. The summed E-state index contributed by atoms with van der Waals surface area (Å²) in [4.78, 5) is 48.0. The van der Waals surface area contributed by atoms with Crippen molar-refractivity contribution >= 4 is 23.9 Å². The first-order chi connectivity index (χ1) is 9.86. The Kier molecular flexibility index (Phi) is 5.94. The summed E-state index contributed by atoms with van der Waals surface area (Å²) < 4.78 is 4.75. The molecule has 21 heavy (non-hydrogen) atoms. The van der Waals surface area contributed by atoms with Crippen molar-refractivity contribution in [2.75, 3.05) is 33.3 Å². The summed E-state index contributed by atoms with van der Waals surface area (Å²) in [5.74, 6) is -2.05. The fourth-order valence-corrected chi connectivity index (χ4v) is 1.87. The lowest BCUT2D eigenvalue weighted by molar-refractivity contribution is -0.145. The van der Waals surface area contributed by atoms with Gasteiger partial charge < -0.3 is 20.1 Å². The molecular formula is C12H19N3O6. The summed E-state index contributed by atoms with van der Waals surface area (Å²) in [6.45, 7) is 1.56. The molecule has 0 spiro atoms. The van der Waals surface area contributed by atoms with Gasteiger partial charge in [0.25, 0.3) is 0 Å². The third-order valence-corrected chi connectivity index (χ3v) is 3.00. The lowest BCUT2D eigenvalue weighted by atomic mass is 10.2. The SMILES string of the molecule is CCOC(=O)CCN(C)C(=O)N1CC(=O)NCC1C(=O)O. The summed E-state index contributed by atoms with van der Waals surface area (Å²) in [5, 5.41) is 11.5. The van der Waals surface area contributed by atoms with Crippen LogP contribution in [-0.4, -0.2) is 78.1 Å². The van der Waals surface area contributed by atoms with E-state index in [-0.39, 0.29) is 32.7 Å². The van der Waals surface area contributed by atoms with Gasteiger partial charge in [0.1, 0.15) is 12.6 Å². The van der Waals surface area contributed by atoms with Gasteiger partial charge >= 0.3 is 18.0 Å². The van der Waals surface area contributed by atoms with E-state index in [1.807, 2.05) is 0 Å². The van der Waals surface area contributed by atoms with E-state index in [1.165, 1.54) is 11.9 Å². The number of carbonyl (C=O) groups excluding carboxylic acids is 3. The highest BCUT2D eigenvalue weighted by Crippen LogP contribution is 2.08. The van der Waals surface area contributed by atoms with Crippen molar-refractivity contribution in [2.45, 2.75) is 19.4 Å². The van der Waals surface area contributed by atoms with Crippen LogP contribution in [0.1, 0.15) is 13.3 Å². The van der Waals surface area contributed by atoms with E-state index in [4.69, 9.17) is 9.84 Å². The number of carbonyl (C=O) groups is 4. The molecule has 0 bridgehead atoms. The minimum atomic E-state index is -1.19. The number of hydrogen-bond acceptors (Lipinski definition) is 5. The normalized spacial score (nSPS) is 17.9. The molecule has 0 saturated carbocycles. The second-order valence-corrected chi connectivity index (χ2v) is 4.55. The molecule has 0 aromatic carbocycles. The molecule has 118 valence electrons. The standard InChI is InChI=1S/C12H19N3O6/c1-3-21-10(17)4-5-14(2)12(20)15-7-9(16)13-6-8(15)11(18)19/h8H,3-7H2,1-2H3,(H,13,16)(H,18,19). The summed E-state index contributed by atoms with van der Waals surface area (Å²) in [5.41, 5.74) is 0. The highest BCUT2D eigenvalue weighted by Gasteiger charge is 2.36. The molecule has 1 rings (SSSR count). The molecule has 1 heterocycles. The average Bonchev–Trinajstić information content (AvgIpc) is 2.43. The Balaban J connectivity index is 2.63. The monoisotopic (exact) mass is 301 g/mol. The zero-order valence-electron chi connectivity index (χ0n) is 12.0. The first-order valence-corrected chi connectivity index (χ1v) is 6.53. The molecule has 0 aromatic heterocycles. The van der Waals surface area contributed by atoms with Gasteiger partial charge in [-0.15, -0.1) is 0 Å². The van der Waals surface area contributed by atoms with Gasteiger partial charge in [0, 0.05) is 20.1 Å². The van der Waals surface area contributed by atoms with Crippen LogP contribution in [0.2, 0.25) is 0 Å². The van der Waals surface area contributed by atoms with E-state index in [9.17, 15) is 19.2 Å². The van der Waals surface area contributed by atoms with Crippen molar-refractivity contribution in [1.29, 1.82) is 0 Å². The number of urea groups is 1. The van der Waals surface area contributed by atoms with Crippen molar-refractivity contribution < 1.29 is 29.0 Å². The van der Waals surface area contributed by atoms with Crippen LogP contribution >= 0.6 is 0 Å². The number of hydrogen-bond donors (Lipinski definition) is 2. The minimum Gasteiger partial charge on any atom is -0.480 e. The highest BCUT2D eigenvalue weighted by molar-refractivity contribution is 5.90. The van der Waals surface area contributed by atoms with E-state index in [0.717, 1.165) is 4.90 Å². The second kappa shape index (κ2) is 7.46. The maximum absolute atomic E-state index is 12.2. The quantitative estimate of drug-likeness (QED) is 0.621. The predicted molar refractivity (Wildman–Crippen MR) is 70.4 cm³/mol. The Morgan fingerprint density at radius 2 is 2.14 bits per heavy atom. The lowest BCUT2D eigenvalue weighted by Crippen LogP contribution is -2.61. The number of nitrogens with zero attached hydrogens (tertiary/aromatic N) is 2. The molecule has 1 aliphatic heterocycles. The summed E-state index contributed by atoms with van der Waals surface area (Å²) in [7, 11) is 1.44. The Bertz CT molecular complexity index is 439. The van der Waals surface area contributed by atoms with Crippen molar-refractivity contribution in [1.82, 2.24) is 15.1 Å². The highest BCUT2D eigenvalue weighted by atomic mass is 16.5. The van der Waals surface area contributed by atoms with E-state index in [0.29, 0.717) is 0 Å². The number of ether oxygens (including phenoxy) is 1. The maximum atomic E-state index is 12.2. The second-order valence-electron chi connectivity index (χ2n) is 4.55. The minimum absolute atomic E-state index is 0.00779. The molecule has 2 N–H and O–H groups in total. The van der Waals surface area contributed by atoms with Crippen molar-refractivity contribution in [3.63, 3.8) is 0 Å². The van der Waals surface area contributed by atoms with Crippen LogP contribution in [0.15, 0.2) is 0 Å². The number of nitrogens with one attached hydrogen (secondary N) is 1. The predicted octanol–water partition coefficient (Wildman–Crippen LogP) is -1.12. The van der Waals surface area contributed by atoms with Crippen LogP contribution in [0.25, 0.3) is 0 Å². The first-order valence-electron chi connectivity index (χ1n) is 6.53. The molecule has 3 amide bonds. The number of rotatable bonds is 5. The third-order valence-electron chi connectivity index (χ3n) is 3.00. The van der Waals surface area contributed by atoms with Crippen LogP contribution < -0.4 is 5.32 Å². The molecule has 1 saturated heterocycles. The smallest absolute Gasteiger partial charge is 0.328 e. The topological polar surface area (TPSA) is 116 Å². The molecule has 9 heteroatoms. The number of amides is 3. The fourth-order valence-electron chi connectivity index (χ4n) is 1.87. The summed E-state index contributed by atoms with van der Waals surface area (Å²) >= 11 is 0. The van der Waals surface area contributed by atoms with Crippen LogP contribution in [0, 0.1) is 0 Å². The van der Waals surface area contributed by atoms with Crippen molar-refractivity contribution in [2.24, 2.45) is 0 Å². The Hall–Kier alpha value is -2.32. The third kappa shape index (κ3) is 4.62. The number of carboxylic acid groups (broad SMARTS) is 1. The zero-order valence-corrected chi connectivity index (χ0v) is 12.0. The number of esters is 1. The summed E-state index contributed by atoms with van der Waals surface area (Å²) in [6, 6.07) is -1.72. The molecule has 1 aliphatic rings. The van der Waals surface area contributed by atoms with Gasteiger partial charge in [-0.25, -0.2) is 9.59 Å². The van der Waals surface area contributed by atoms with E-state index in [2.05, 4.69) is 5.32 Å². The van der Waals surface area contributed by atoms with Crippen LogP contribution in [0.4, 0.5) is 4.79 Å². The van der Waals surface area contributed by atoms with Crippen molar-refractivity contribution in [3.05, 3.63) is 0 Å². The van der Waals surface area contributed by atoms with Crippen LogP contribution in [0.5, 0.6) is 0 Å². The molecule has 0 aliphatic carbocycles. The average molecular weight is 301 g/mol. The number of carboxylic acids is 1. The summed E-state index contributed by atoms with van der Waals surface area (Å²) in [6.07, 6.45) is 0.00779. The van der Waals surface area contributed by atoms with Gasteiger partial charge in [-0.2, -0.15) is 0 Å². The molecule has 1 atom stereocenters. The van der Waals surface area contributed by atoms with Gasteiger partial charge in [-0.1, -0.05) is 0 Å². The first kappa shape index (κ1) is 16.7.